The van der Waals surface area contributed by atoms with E-state index in [1.54, 1.807) is 13.4 Å². The molecule has 1 aromatic carbocycles. The van der Waals surface area contributed by atoms with Crippen LogP contribution in [0, 0.1) is 0 Å². The highest BCUT2D eigenvalue weighted by Gasteiger charge is 2.35. The van der Waals surface area contributed by atoms with Crippen LogP contribution in [0.5, 0.6) is 5.75 Å². The highest BCUT2D eigenvalue weighted by atomic mass is 35.5. The zero-order valence-corrected chi connectivity index (χ0v) is 14.1. The van der Waals surface area contributed by atoms with Crippen molar-refractivity contribution >= 4 is 11.6 Å². The minimum atomic E-state index is 0.204. The minimum absolute atomic E-state index is 0.204. The lowest BCUT2D eigenvalue weighted by Crippen LogP contribution is -2.30. The molecule has 2 atom stereocenters. The summed E-state index contributed by atoms with van der Waals surface area (Å²) in [5.41, 5.74) is 0. The number of rotatable bonds is 6. The number of benzene rings is 1. The lowest BCUT2D eigenvalue weighted by molar-refractivity contribution is 0.105. The van der Waals surface area contributed by atoms with Crippen molar-refractivity contribution in [2.24, 2.45) is 7.05 Å². The van der Waals surface area contributed by atoms with E-state index in [0.717, 1.165) is 31.1 Å². The number of nitrogens with zero attached hydrogens (tertiary/aromatic N) is 4. The Morgan fingerprint density at radius 1 is 1.39 bits per heavy atom. The van der Waals surface area contributed by atoms with E-state index in [9.17, 15) is 0 Å². The topological polar surface area (TPSA) is 52.4 Å². The third kappa shape index (κ3) is 3.83. The maximum atomic E-state index is 5.97. The molecule has 0 saturated carbocycles. The molecule has 0 bridgehead atoms. The molecule has 0 amide bonds. The number of hydrogen-bond acceptors (Lipinski definition) is 5. The molecule has 23 heavy (non-hydrogen) atoms. The van der Waals surface area contributed by atoms with Crippen molar-refractivity contribution in [2.45, 2.75) is 18.6 Å². The largest absolute Gasteiger partial charge is 0.492 e. The lowest BCUT2D eigenvalue weighted by Gasteiger charge is -2.23. The molecule has 2 heterocycles. The summed E-state index contributed by atoms with van der Waals surface area (Å²) >= 11 is 5.97. The summed E-state index contributed by atoms with van der Waals surface area (Å²) in [6.45, 7) is 2.25. The van der Waals surface area contributed by atoms with Gasteiger partial charge >= 0.3 is 0 Å². The first kappa shape index (κ1) is 16.2. The second-order valence-corrected chi connectivity index (χ2v) is 6.15. The second kappa shape index (κ2) is 7.29. The first-order chi connectivity index (χ1) is 11.2. The molecule has 1 saturated heterocycles. The summed E-state index contributed by atoms with van der Waals surface area (Å²) in [5.74, 6) is 1.75. The van der Waals surface area contributed by atoms with Gasteiger partial charge in [0, 0.05) is 32.3 Å². The van der Waals surface area contributed by atoms with Crippen LogP contribution in [0.3, 0.4) is 0 Å². The number of methoxy groups -OCH3 is 1. The van der Waals surface area contributed by atoms with E-state index in [0.29, 0.717) is 11.6 Å². The lowest BCUT2D eigenvalue weighted by atomic mass is 10.2. The van der Waals surface area contributed by atoms with Crippen LogP contribution in [0.15, 0.2) is 30.6 Å². The fourth-order valence-electron chi connectivity index (χ4n) is 2.98. The molecule has 1 fully saturated rings. The van der Waals surface area contributed by atoms with Crippen LogP contribution in [0.4, 0.5) is 0 Å². The molecule has 6 nitrogen and oxygen atoms in total. The fraction of sp³-hybridized carbons (Fsp3) is 0.500. The molecule has 0 spiro atoms. The SMILES string of the molecule is CO[C@@H]1C[C@@H](c2nncn2C)N(CCOc2cccc(Cl)c2)C1. The number of aryl methyl sites for hydroxylation is 1. The molecule has 2 aromatic rings. The third-order valence-electron chi connectivity index (χ3n) is 4.19. The normalized spacial score (nSPS) is 21.7. The molecular formula is C16H21ClN4O2. The van der Waals surface area contributed by atoms with Crippen LogP contribution in [-0.2, 0) is 11.8 Å². The first-order valence-corrected chi connectivity index (χ1v) is 8.04. The second-order valence-electron chi connectivity index (χ2n) is 5.71. The van der Waals surface area contributed by atoms with Gasteiger partial charge in [-0.3, -0.25) is 4.90 Å². The third-order valence-corrected chi connectivity index (χ3v) is 4.42. The molecule has 3 rings (SSSR count). The molecular weight excluding hydrogens is 316 g/mol. The standard InChI is InChI=1S/C16H21ClN4O2/c1-20-11-18-19-16(20)15-9-14(22-2)10-21(15)6-7-23-13-5-3-4-12(17)8-13/h3-5,8,11,14-15H,6-7,9-10H2,1-2H3/t14-,15+/m1/s1. The summed E-state index contributed by atoms with van der Waals surface area (Å²) in [4.78, 5) is 2.34. The van der Waals surface area contributed by atoms with E-state index in [-0.39, 0.29) is 12.1 Å². The molecule has 124 valence electrons. The van der Waals surface area contributed by atoms with Crippen LogP contribution in [0.25, 0.3) is 0 Å². The van der Waals surface area contributed by atoms with E-state index in [2.05, 4.69) is 15.1 Å². The van der Waals surface area contributed by atoms with Crippen molar-refractivity contribution < 1.29 is 9.47 Å². The van der Waals surface area contributed by atoms with Gasteiger partial charge in [0.2, 0.25) is 0 Å². The van der Waals surface area contributed by atoms with Crippen molar-refractivity contribution in [1.29, 1.82) is 0 Å². The van der Waals surface area contributed by atoms with Crippen LogP contribution in [0.2, 0.25) is 5.02 Å². The predicted molar refractivity (Wildman–Crippen MR) is 87.7 cm³/mol. The van der Waals surface area contributed by atoms with E-state index < -0.39 is 0 Å². The monoisotopic (exact) mass is 336 g/mol. The van der Waals surface area contributed by atoms with Gasteiger partial charge in [-0.15, -0.1) is 10.2 Å². The zero-order chi connectivity index (χ0) is 16.2. The Morgan fingerprint density at radius 2 is 2.26 bits per heavy atom. The van der Waals surface area contributed by atoms with Gasteiger partial charge in [0.15, 0.2) is 0 Å². The summed E-state index contributed by atoms with van der Waals surface area (Å²) in [5, 5.41) is 8.92. The van der Waals surface area contributed by atoms with Crippen molar-refractivity contribution in [2.75, 3.05) is 26.8 Å². The Kier molecular flexibility index (Phi) is 5.15. The number of hydrogen-bond donors (Lipinski definition) is 0. The Labute approximate surface area is 141 Å². The molecule has 0 N–H and O–H groups in total. The smallest absolute Gasteiger partial charge is 0.150 e. The Balaban J connectivity index is 1.61. The van der Waals surface area contributed by atoms with Crippen molar-refractivity contribution in [1.82, 2.24) is 19.7 Å². The number of halogens is 1. The van der Waals surface area contributed by atoms with Crippen LogP contribution in [-0.4, -0.2) is 52.6 Å². The molecule has 1 aromatic heterocycles. The highest BCUT2D eigenvalue weighted by molar-refractivity contribution is 6.30. The molecule has 0 aliphatic carbocycles. The van der Waals surface area contributed by atoms with Gasteiger partial charge in [0.1, 0.15) is 24.5 Å². The van der Waals surface area contributed by atoms with Gasteiger partial charge in [-0.1, -0.05) is 17.7 Å². The molecule has 7 heteroatoms. The van der Waals surface area contributed by atoms with Crippen molar-refractivity contribution in [3.8, 4) is 5.75 Å². The zero-order valence-electron chi connectivity index (χ0n) is 13.4. The quantitative estimate of drug-likeness (QED) is 0.810. The van der Waals surface area contributed by atoms with Crippen molar-refractivity contribution in [3.63, 3.8) is 0 Å². The molecule has 1 aliphatic heterocycles. The van der Waals surface area contributed by atoms with Gasteiger partial charge in [0.25, 0.3) is 0 Å². The van der Waals surface area contributed by atoms with Crippen LogP contribution >= 0.6 is 11.6 Å². The minimum Gasteiger partial charge on any atom is -0.492 e. The number of aromatic nitrogens is 3. The number of likely N-dealkylation sites (tertiary alicyclic amines) is 1. The summed E-state index contributed by atoms with van der Waals surface area (Å²) in [6, 6.07) is 7.66. The van der Waals surface area contributed by atoms with Crippen molar-refractivity contribution in [3.05, 3.63) is 41.4 Å². The van der Waals surface area contributed by atoms with Gasteiger partial charge in [-0.2, -0.15) is 0 Å². The van der Waals surface area contributed by atoms with Gasteiger partial charge in [0.05, 0.1) is 12.1 Å². The van der Waals surface area contributed by atoms with Gasteiger partial charge in [-0.05, 0) is 24.6 Å². The Bertz CT molecular complexity index is 649. The predicted octanol–water partition coefficient (Wildman–Crippen LogP) is 2.31. The highest BCUT2D eigenvalue weighted by Crippen LogP contribution is 2.31. The summed E-state index contributed by atoms with van der Waals surface area (Å²) in [7, 11) is 3.72. The summed E-state index contributed by atoms with van der Waals surface area (Å²) < 4.78 is 13.3. The van der Waals surface area contributed by atoms with E-state index in [1.807, 2.05) is 35.9 Å². The summed E-state index contributed by atoms with van der Waals surface area (Å²) in [6.07, 6.45) is 2.86. The maximum absolute atomic E-state index is 5.97. The molecule has 1 aliphatic rings. The molecule has 0 radical (unpaired) electrons. The fourth-order valence-corrected chi connectivity index (χ4v) is 3.16. The van der Waals surface area contributed by atoms with Gasteiger partial charge < -0.3 is 14.0 Å². The van der Waals surface area contributed by atoms with E-state index in [1.165, 1.54) is 0 Å². The Hall–Kier alpha value is -1.63. The Morgan fingerprint density at radius 3 is 2.96 bits per heavy atom. The average molecular weight is 337 g/mol. The maximum Gasteiger partial charge on any atom is 0.150 e. The van der Waals surface area contributed by atoms with Crippen LogP contribution < -0.4 is 4.74 Å². The van der Waals surface area contributed by atoms with Crippen LogP contribution in [0.1, 0.15) is 18.3 Å². The van der Waals surface area contributed by atoms with Gasteiger partial charge in [-0.25, -0.2) is 0 Å². The van der Waals surface area contributed by atoms with E-state index >= 15 is 0 Å². The molecule has 0 unspecified atom stereocenters. The first-order valence-electron chi connectivity index (χ1n) is 7.66. The number of ether oxygens (including phenoxy) is 2. The van der Waals surface area contributed by atoms with E-state index in [4.69, 9.17) is 21.1 Å². The average Bonchev–Trinajstić information content (AvgIpc) is 3.13.